The molecule has 34 heavy (non-hydrogen) atoms. The van der Waals surface area contributed by atoms with Gasteiger partial charge in [0.05, 0.1) is 17.9 Å². The third-order valence-corrected chi connectivity index (χ3v) is 6.40. The largest absolute Gasteiger partial charge is 0.444 e. The van der Waals surface area contributed by atoms with Crippen molar-refractivity contribution in [1.29, 1.82) is 0 Å². The molecule has 1 atom stereocenters. The standard InChI is InChI=1S/C25H33N5O4/c1-25(2,3)34-24(33)27-14-22(32)30-10-4-5-21(30)23-26-13-20(29-23)17-8-6-16(7-9-17)18-11-19(12-18)28-15-31/h6-9,13,15,18-19,21H,4-5,10-12,14H2,1-3H3,(H,26,29)(H,27,33)(H,28,31)/t18?,19?,21-/m0/s1. The van der Waals surface area contributed by atoms with Crippen molar-refractivity contribution in [3.8, 4) is 11.3 Å². The van der Waals surface area contributed by atoms with E-state index in [0.29, 0.717) is 12.5 Å². The highest BCUT2D eigenvalue weighted by atomic mass is 16.6. The molecule has 1 aliphatic carbocycles. The molecular formula is C25H33N5O4. The quantitative estimate of drug-likeness (QED) is 0.541. The van der Waals surface area contributed by atoms with Gasteiger partial charge in [-0.05, 0) is 63.5 Å². The number of ether oxygens (including phenoxy) is 1. The van der Waals surface area contributed by atoms with Crippen LogP contribution in [0, 0.1) is 0 Å². The first-order chi connectivity index (χ1) is 16.2. The topological polar surface area (TPSA) is 116 Å². The highest BCUT2D eigenvalue weighted by Gasteiger charge is 2.32. The summed E-state index contributed by atoms with van der Waals surface area (Å²) in [5.41, 5.74) is 2.60. The molecule has 9 nitrogen and oxygen atoms in total. The number of rotatable bonds is 7. The summed E-state index contributed by atoms with van der Waals surface area (Å²) in [6.45, 7) is 5.87. The zero-order chi connectivity index (χ0) is 24.3. The number of hydrogen-bond acceptors (Lipinski definition) is 5. The highest BCUT2D eigenvalue weighted by Crippen LogP contribution is 2.37. The minimum absolute atomic E-state index is 0.106. The Kier molecular flexibility index (Phi) is 6.90. The molecule has 4 rings (SSSR count). The minimum Gasteiger partial charge on any atom is -0.444 e. The number of alkyl carbamates (subject to hydrolysis) is 1. The van der Waals surface area contributed by atoms with Crippen molar-refractivity contribution >= 4 is 18.4 Å². The van der Waals surface area contributed by atoms with Gasteiger partial charge in [-0.25, -0.2) is 9.78 Å². The predicted molar refractivity (Wildman–Crippen MR) is 127 cm³/mol. The van der Waals surface area contributed by atoms with Gasteiger partial charge >= 0.3 is 6.09 Å². The van der Waals surface area contributed by atoms with E-state index in [0.717, 1.165) is 49.2 Å². The van der Waals surface area contributed by atoms with E-state index >= 15 is 0 Å². The monoisotopic (exact) mass is 467 g/mol. The van der Waals surface area contributed by atoms with Crippen molar-refractivity contribution in [2.45, 2.75) is 70.1 Å². The number of hydrogen-bond donors (Lipinski definition) is 3. The number of nitrogens with zero attached hydrogens (tertiary/aromatic N) is 2. The van der Waals surface area contributed by atoms with Gasteiger partial charge in [-0.3, -0.25) is 9.59 Å². The molecule has 3 amide bonds. The molecule has 0 unspecified atom stereocenters. The van der Waals surface area contributed by atoms with Crippen molar-refractivity contribution in [2.24, 2.45) is 0 Å². The van der Waals surface area contributed by atoms with Crippen LogP contribution in [0.5, 0.6) is 0 Å². The number of aromatic nitrogens is 2. The molecule has 2 fully saturated rings. The second-order valence-electron chi connectivity index (χ2n) is 10.1. The normalized spacial score (nSPS) is 22.1. The molecule has 1 saturated heterocycles. The molecule has 182 valence electrons. The molecule has 1 aromatic carbocycles. The molecule has 2 aromatic rings. The van der Waals surface area contributed by atoms with Gasteiger partial charge in [-0.1, -0.05) is 24.3 Å². The Morgan fingerprint density at radius 3 is 2.65 bits per heavy atom. The van der Waals surface area contributed by atoms with Gasteiger partial charge < -0.3 is 25.3 Å². The van der Waals surface area contributed by atoms with Gasteiger partial charge in [0, 0.05) is 12.6 Å². The van der Waals surface area contributed by atoms with Crippen molar-refractivity contribution < 1.29 is 19.1 Å². The predicted octanol–water partition coefficient (Wildman–Crippen LogP) is 3.26. The Balaban J connectivity index is 1.35. The van der Waals surface area contributed by atoms with Crippen LogP contribution < -0.4 is 10.6 Å². The first kappa shape index (κ1) is 23.8. The molecule has 1 aliphatic heterocycles. The summed E-state index contributed by atoms with van der Waals surface area (Å²) in [4.78, 5) is 44.9. The number of likely N-dealkylation sites (tertiary alicyclic amines) is 1. The average molecular weight is 468 g/mol. The summed E-state index contributed by atoms with van der Waals surface area (Å²) < 4.78 is 5.21. The first-order valence-corrected chi connectivity index (χ1v) is 11.8. The lowest BCUT2D eigenvalue weighted by molar-refractivity contribution is -0.131. The number of H-pyrrole nitrogens is 1. The molecule has 2 aliphatic rings. The van der Waals surface area contributed by atoms with Gasteiger partial charge in [-0.2, -0.15) is 0 Å². The second-order valence-corrected chi connectivity index (χ2v) is 10.1. The Morgan fingerprint density at radius 1 is 1.24 bits per heavy atom. The number of carbonyl (C=O) groups is 3. The molecule has 0 spiro atoms. The van der Waals surface area contributed by atoms with Crippen LogP contribution in [0.4, 0.5) is 4.79 Å². The third-order valence-electron chi connectivity index (χ3n) is 6.40. The van der Waals surface area contributed by atoms with E-state index in [1.54, 1.807) is 31.9 Å². The summed E-state index contributed by atoms with van der Waals surface area (Å²) in [6.07, 6.45) is 5.63. The van der Waals surface area contributed by atoms with Crippen LogP contribution in [0.1, 0.15) is 69.8 Å². The van der Waals surface area contributed by atoms with Gasteiger partial charge in [0.2, 0.25) is 12.3 Å². The van der Waals surface area contributed by atoms with E-state index < -0.39 is 11.7 Å². The second kappa shape index (κ2) is 9.87. The number of nitrogens with one attached hydrogen (secondary N) is 3. The number of amides is 3. The SMILES string of the molecule is CC(C)(C)OC(=O)NCC(=O)N1CCC[C@H]1c1ncc(-c2ccc(C3CC(NC=O)C3)cc2)[nH]1. The third kappa shape index (κ3) is 5.58. The molecular weight excluding hydrogens is 434 g/mol. The van der Waals surface area contributed by atoms with Crippen LogP contribution >= 0.6 is 0 Å². The average Bonchev–Trinajstić information content (AvgIpc) is 3.43. The van der Waals surface area contributed by atoms with Gasteiger partial charge in [0.1, 0.15) is 18.0 Å². The van der Waals surface area contributed by atoms with Crippen LogP contribution in [0.15, 0.2) is 30.5 Å². The number of imidazole rings is 1. The molecule has 1 saturated carbocycles. The highest BCUT2D eigenvalue weighted by molar-refractivity contribution is 5.82. The fourth-order valence-electron chi connectivity index (χ4n) is 4.62. The van der Waals surface area contributed by atoms with Gasteiger partial charge in [0.25, 0.3) is 0 Å². The summed E-state index contributed by atoms with van der Waals surface area (Å²) in [5.74, 6) is 1.08. The maximum absolute atomic E-state index is 12.8. The maximum Gasteiger partial charge on any atom is 0.408 e. The van der Waals surface area contributed by atoms with E-state index in [4.69, 9.17) is 4.74 Å². The zero-order valence-corrected chi connectivity index (χ0v) is 20.0. The Hall–Kier alpha value is -3.36. The number of benzene rings is 1. The van der Waals surface area contributed by atoms with Crippen LogP contribution in [0.25, 0.3) is 11.3 Å². The van der Waals surface area contributed by atoms with Crippen molar-refractivity contribution in [1.82, 2.24) is 25.5 Å². The Labute approximate surface area is 199 Å². The summed E-state index contributed by atoms with van der Waals surface area (Å²) >= 11 is 0. The van der Waals surface area contributed by atoms with Gasteiger partial charge in [-0.15, -0.1) is 0 Å². The van der Waals surface area contributed by atoms with E-state index in [1.807, 2.05) is 0 Å². The van der Waals surface area contributed by atoms with Crippen LogP contribution in [-0.4, -0.2) is 58.0 Å². The summed E-state index contributed by atoms with van der Waals surface area (Å²) in [5, 5.41) is 5.38. The van der Waals surface area contributed by atoms with Crippen LogP contribution in [0.2, 0.25) is 0 Å². The number of carbonyl (C=O) groups excluding carboxylic acids is 3. The van der Waals surface area contributed by atoms with Crippen molar-refractivity contribution in [3.63, 3.8) is 0 Å². The Morgan fingerprint density at radius 2 is 1.97 bits per heavy atom. The smallest absolute Gasteiger partial charge is 0.408 e. The molecule has 1 aromatic heterocycles. The van der Waals surface area contributed by atoms with Crippen molar-refractivity contribution in [3.05, 3.63) is 41.9 Å². The fourth-order valence-corrected chi connectivity index (χ4v) is 4.62. The lowest BCUT2D eigenvalue weighted by atomic mass is 9.76. The van der Waals surface area contributed by atoms with E-state index in [2.05, 4.69) is 44.9 Å². The maximum atomic E-state index is 12.8. The Bertz CT molecular complexity index is 1020. The molecule has 0 bridgehead atoms. The molecule has 9 heteroatoms. The number of aromatic amines is 1. The summed E-state index contributed by atoms with van der Waals surface area (Å²) in [6, 6.07) is 8.56. The lowest BCUT2D eigenvalue weighted by Crippen LogP contribution is -2.41. The minimum atomic E-state index is -0.611. The molecule has 2 heterocycles. The van der Waals surface area contributed by atoms with Crippen LogP contribution in [0.3, 0.4) is 0 Å². The van der Waals surface area contributed by atoms with E-state index in [1.165, 1.54) is 5.56 Å². The fraction of sp³-hybridized carbons (Fsp3) is 0.520. The summed E-state index contributed by atoms with van der Waals surface area (Å²) in [7, 11) is 0. The zero-order valence-electron chi connectivity index (χ0n) is 20.0. The molecule has 0 radical (unpaired) electrons. The first-order valence-electron chi connectivity index (χ1n) is 11.8. The van der Waals surface area contributed by atoms with E-state index in [9.17, 15) is 14.4 Å². The lowest BCUT2D eigenvalue weighted by Gasteiger charge is -2.35. The van der Waals surface area contributed by atoms with Crippen LogP contribution in [-0.2, 0) is 14.3 Å². The molecule has 3 N–H and O–H groups in total. The van der Waals surface area contributed by atoms with Gasteiger partial charge in [0.15, 0.2) is 0 Å². The van der Waals surface area contributed by atoms with E-state index in [-0.39, 0.29) is 24.5 Å². The van der Waals surface area contributed by atoms with Crippen molar-refractivity contribution in [2.75, 3.05) is 13.1 Å².